The van der Waals surface area contributed by atoms with E-state index in [0.717, 1.165) is 48.1 Å². The summed E-state index contributed by atoms with van der Waals surface area (Å²) in [5.41, 5.74) is 2.50. The molecule has 166 valence electrons. The van der Waals surface area contributed by atoms with E-state index in [0.29, 0.717) is 19.6 Å². The first kappa shape index (κ1) is 20.6. The highest BCUT2D eigenvalue weighted by Crippen LogP contribution is 2.34. The van der Waals surface area contributed by atoms with E-state index in [1.54, 1.807) is 29.4 Å². The van der Waals surface area contributed by atoms with Gasteiger partial charge in [0.2, 0.25) is 11.8 Å². The van der Waals surface area contributed by atoms with E-state index in [1.807, 2.05) is 11.0 Å². The van der Waals surface area contributed by atoms with Crippen molar-refractivity contribution in [2.45, 2.75) is 38.1 Å². The molecule has 2 unspecified atom stereocenters. The summed E-state index contributed by atoms with van der Waals surface area (Å²) < 4.78 is 13.1. The number of likely N-dealkylation sites (tertiary alicyclic amines) is 2. The Balaban J connectivity index is 1.26. The lowest BCUT2D eigenvalue weighted by atomic mass is 9.95. The van der Waals surface area contributed by atoms with E-state index in [4.69, 9.17) is 0 Å². The highest BCUT2D eigenvalue weighted by molar-refractivity contribution is 5.83. The molecule has 1 N–H and O–H groups in total. The number of imidazole rings is 1. The van der Waals surface area contributed by atoms with E-state index in [1.165, 1.54) is 12.1 Å². The summed E-state index contributed by atoms with van der Waals surface area (Å²) in [4.78, 5) is 42.1. The van der Waals surface area contributed by atoms with Gasteiger partial charge >= 0.3 is 0 Å². The van der Waals surface area contributed by atoms with Gasteiger partial charge in [0.25, 0.3) is 0 Å². The first-order valence-electron chi connectivity index (χ1n) is 11.2. The Morgan fingerprint density at radius 3 is 2.72 bits per heavy atom. The van der Waals surface area contributed by atoms with Gasteiger partial charge in [-0.2, -0.15) is 0 Å². The molecule has 1 aromatic carbocycles. The average Bonchev–Trinajstić information content (AvgIpc) is 3.47. The molecule has 2 aromatic heterocycles. The van der Waals surface area contributed by atoms with E-state index < -0.39 is 0 Å². The van der Waals surface area contributed by atoms with Crippen LogP contribution in [0.1, 0.15) is 43.1 Å². The van der Waals surface area contributed by atoms with Gasteiger partial charge in [-0.3, -0.25) is 14.6 Å². The van der Waals surface area contributed by atoms with Gasteiger partial charge in [0, 0.05) is 25.8 Å². The van der Waals surface area contributed by atoms with Crippen molar-refractivity contribution < 1.29 is 14.0 Å². The number of H-pyrrole nitrogens is 1. The molecule has 0 aliphatic carbocycles. The highest BCUT2D eigenvalue weighted by Gasteiger charge is 2.37. The number of hydrogen-bond donors (Lipinski definition) is 1. The topological polar surface area (TPSA) is 82.2 Å². The zero-order valence-electron chi connectivity index (χ0n) is 17.8. The Labute approximate surface area is 185 Å². The molecule has 0 bridgehead atoms. The summed E-state index contributed by atoms with van der Waals surface area (Å²) in [5, 5.41) is 0. The number of halogens is 1. The fourth-order valence-electron chi connectivity index (χ4n) is 4.88. The fraction of sp³-hybridized carbons (Fsp3) is 0.417. The second kappa shape index (κ2) is 8.68. The highest BCUT2D eigenvalue weighted by atomic mass is 19.1. The molecule has 2 amide bonds. The van der Waals surface area contributed by atoms with Crippen molar-refractivity contribution in [3.8, 4) is 0 Å². The minimum Gasteiger partial charge on any atom is -0.342 e. The number of carbonyl (C=O) groups is 2. The van der Waals surface area contributed by atoms with Crippen molar-refractivity contribution in [2.75, 3.05) is 19.6 Å². The van der Waals surface area contributed by atoms with Crippen molar-refractivity contribution in [3.05, 3.63) is 59.9 Å². The van der Waals surface area contributed by atoms with E-state index in [9.17, 15) is 14.0 Å². The monoisotopic (exact) mass is 435 g/mol. The first-order chi connectivity index (χ1) is 15.6. The van der Waals surface area contributed by atoms with Crippen LogP contribution >= 0.6 is 0 Å². The van der Waals surface area contributed by atoms with E-state index >= 15 is 0 Å². The number of aromatic amines is 1. The Kier molecular flexibility index (Phi) is 5.59. The predicted molar refractivity (Wildman–Crippen MR) is 117 cm³/mol. The zero-order chi connectivity index (χ0) is 22.1. The van der Waals surface area contributed by atoms with Gasteiger partial charge in [-0.25, -0.2) is 9.37 Å². The molecule has 2 saturated heterocycles. The molecule has 32 heavy (non-hydrogen) atoms. The van der Waals surface area contributed by atoms with Crippen LogP contribution in [0.5, 0.6) is 0 Å². The number of nitrogens with zero attached hydrogens (tertiary/aromatic N) is 4. The molecule has 4 heterocycles. The average molecular weight is 436 g/mol. The Hall–Kier alpha value is -3.29. The number of piperidine rings is 1. The molecule has 7 nitrogen and oxygen atoms in total. The van der Waals surface area contributed by atoms with Crippen LogP contribution in [0.15, 0.2) is 42.7 Å². The smallest absolute Gasteiger partial charge is 0.228 e. The molecular formula is C24H26FN5O2. The van der Waals surface area contributed by atoms with Crippen molar-refractivity contribution in [2.24, 2.45) is 5.92 Å². The number of aromatic nitrogens is 3. The Morgan fingerprint density at radius 2 is 1.91 bits per heavy atom. The summed E-state index contributed by atoms with van der Waals surface area (Å²) in [5.74, 6) is 0.374. The maximum absolute atomic E-state index is 13.5. The molecule has 2 atom stereocenters. The first-order valence-corrected chi connectivity index (χ1v) is 11.2. The lowest BCUT2D eigenvalue weighted by Crippen LogP contribution is -2.47. The van der Waals surface area contributed by atoms with Gasteiger partial charge in [0.15, 0.2) is 0 Å². The molecule has 0 radical (unpaired) electrons. The summed E-state index contributed by atoms with van der Waals surface area (Å²) in [6.45, 7) is 1.80. The summed E-state index contributed by atoms with van der Waals surface area (Å²) in [7, 11) is 0. The quantitative estimate of drug-likeness (QED) is 0.682. The molecule has 2 aliphatic heterocycles. The number of amides is 2. The number of fused-ring (bicyclic) bond motifs is 1. The van der Waals surface area contributed by atoms with Crippen molar-refractivity contribution in [1.82, 2.24) is 24.8 Å². The second-order valence-electron chi connectivity index (χ2n) is 8.69. The van der Waals surface area contributed by atoms with Gasteiger partial charge in [-0.1, -0.05) is 12.1 Å². The third-order valence-corrected chi connectivity index (χ3v) is 6.55. The van der Waals surface area contributed by atoms with Crippen LogP contribution in [0.25, 0.3) is 11.0 Å². The molecule has 0 saturated carbocycles. The maximum atomic E-state index is 13.5. The number of carbonyl (C=O) groups excluding carboxylic acids is 2. The fourth-order valence-corrected chi connectivity index (χ4v) is 4.88. The van der Waals surface area contributed by atoms with Crippen LogP contribution in [-0.2, 0) is 16.0 Å². The van der Waals surface area contributed by atoms with Gasteiger partial charge in [-0.05, 0) is 49.4 Å². The van der Waals surface area contributed by atoms with Crippen LogP contribution in [0.2, 0.25) is 0 Å². The van der Waals surface area contributed by atoms with E-state index in [2.05, 4.69) is 15.0 Å². The summed E-state index contributed by atoms with van der Waals surface area (Å²) in [6.07, 6.45) is 7.08. The molecule has 3 aromatic rings. The minimum absolute atomic E-state index is 0.0168. The van der Waals surface area contributed by atoms with Gasteiger partial charge in [0.1, 0.15) is 11.6 Å². The Bertz CT molecular complexity index is 1100. The van der Waals surface area contributed by atoms with Gasteiger partial charge in [0.05, 0.1) is 35.6 Å². The molecule has 2 fully saturated rings. The molecule has 2 aliphatic rings. The zero-order valence-corrected chi connectivity index (χ0v) is 17.8. The van der Waals surface area contributed by atoms with Crippen LogP contribution in [0.4, 0.5) is 4.39 Å². The van der Waals surface area contributed by atoms with Gasteiger partial charge < -0.3 is 14.8 Å². The molecule has 0 spiro atoms. The maximum Gasteiger partial charge on any atom is 0.228 e. The minimum atomic E-state index is -0.314. The standard InChI is InChI=1S/C24H26FN5O2/c25-18-7-5-16(6-8-18)13-22(31)29-11-1-3-17(15-29)24(32)30-12-2-4-21(30)23-27-19-9-10-26-14-20(19)28-23/h5-10,14,17,21H,1-4,11-13,15H2,(H,27,28). The largest absolute Gasteiger partial charge is 0.342 e. The lowest BCUT2D eigenvalue weighted by Gasteiger charge is -2.35. The summed E-state index contributed by atoms with van der Waals surface area (Å²) >= 11 is 0. The van der Waals surface area contributed by atoms with Crippen molar-refractivity contribution in [1.29, 1.82) is 0 Å². The molecule has 5 rings (SSSR count). The second-order valence-corrected chi connectivity index (χ2v) is 8.69. The van der Waals surface area contributed by atoms with Crippen LogP contribution < -0.4 is 0 Å². The number of nitrogens with one attached hydrogen (secondary N) is 1. The predicted octanol–water partition coefficient (Wildman–Crippen LogP) is 3.24. The summed E-state index contributed by atoms with van der Waals surface area (Å²) in [6, 6.07) is 7.80. The van der Waals surface area contributed by atoms with Gasteiger partial charge in [-0.15, -0.1) is 0 Å². The molecular weight excluding hydrogens is 409 g/mol. The number of rotatable bonds is 4. The SMILES string of the molecule is O=C(Cc1ccc(F)cc1)N1CCCC(C(=O)N2CCCC2c2nc3ccncc3[nH]2)C1. The van der Waals surface area contributed by atoms with E-state index in [-0.39, 0.29) is 36.0 Å². The normalized spacial score (nSPS) is 21.3. The molecule has 8 heteroatoms. The Morgan fingerprint density at radius 1 is 1.09 bits per heavy atom. The number of hydrogen-bond acceptors (Lipinski definition) is 4. The third-order valence-electron chi connectivity index (χ3n) is 6.55. The van der Waals surface area contributed by atoms with Crippen LogP contribution in [-0.4, -0.2) is 56.2 Å². The van der Waals surface area contributed by atoms with Crippen molar-refractivity contribution in [3.63, 3.8) is 0 Å². The van der Waals surface area contributed by atoms with Crippen LogP contribution in [0, 0.1) is 11.7 Å². The number of pyridine rings is 1. The van der Waals surface area contributed by atoms with Crippen molar-refractivity contribution >= 4 is 22.8 Å². The number of benzene rings is 1. The van der Waals surface area contributed by atoms with Crippen LogP contribution in [0.3, 0.4) is 0 Å². The third kappa shape index (κ3) is 4.09. The lowest BCUT2D eigenvalue weighted by molar-refractivity contribution is -0.141.